The van der Waals surface area contributed by atoms with Crippen LogP contribution in [0.3, 0.4) is 0 Å². The number of para-hydroxylation sites is 1. The van der Waals surface area contributed by atoms with Crippen LogP contribution < -0.4 is 10.6 Å². The quantitative estimate of drug-likeness (QED) is 0.715. The van der Waals surface area contributed by atoms with E-state index in [1.165, 1.54) is 0 Å². The summed E-state index contributed by atoms with van der Waals surface area (Å²) >= 11 is 0. The van der Waals surface area contributed by atoms with Gasteiger partial charge in [0.1, 0.15) is 6.04 Å². The largest absolute Gasteiger partial charge is 0.341 e. The Hall–Kier alpha value is -3.21. The number of benzene rings is 2. The second kappa shape index (κ2) is 7.80. The molecule has 0 radical (unpaired) electrons. The number of nitrogens with zero attached hydrogens (tertiary/aromatic N) is 1. The first-order valence-electron chi connectivity index (χ1n) is 9.31. The van der Waals surface area contributed by atoms with Crippen LogP contribution in [0.1, 0.15) is 43.6 Å². The lowest BCUT2D eigenvalue weighted by molar-refractivity contribution is -0.117. The molecule has 3 aromatic rings. The molecule has 0 aliphatic carbocycles. The molecule has 0 saturated carbocycles. The van der Waals surface area contributed by atoms with Crippen LogP contribution in [0.4, 0.5) is 5.69 Å². The Balaban J connectivity index is 1.63. The zero-order valence-electron chi connectivity index (χ0n) is 16.6. The van der Waals surface area contributed by atoms with Gasteiger partial charge in [0.2, 0.25) is 5.91 Å². The van der Waals surface area contributed by atoms with Crippen molar-refractivity contribution in [2.75, 3.05) is 5.32 Å². The predicted molar refractivity (Wildman–Crippen MR) is 112 cm³/mol. The number of aromatic nitrogens is 1. The van der Waals surface area contributed by atoms with Crippen LogP contribution in [0.5, 0.6) is 0 Å². The minimum Gasteiger partial charge on any atom is -0.341 e. The first-order valence-corrected chi connectivity index (χ1v) is 9.31. The van der Waals surface area contributed by atoms with E-state index < -0.39 is 6.04 Å². The van der Waals surface area contributed by atoms with E-state index in [2.05, 4.69) is 36.4 Å². The number of nitrogens with one attached hydrogen (secondary N) is 2. The Kier molecular flexibility index (Phi) is 5.45. The van der Waals surface area contributed by atoms with Gasteiger partial charge in [-0.1, -0.05) is 51.1 Å². The normalized spacial score (nSPS) is 12.4. The summed E-state index contributed by atoms with van der Waals surface area (Å²) in [5, 5.41) is 6.48. The zero-order chi connectivity index (χ0) is 20.3. The first kappa shape index (κ1) is 19.5. The van der Waals surface area contributed by atoms with Gasteiger partial charge in [0.15, 0.2) is 0 Å². The van der Waals surface area contributed by atoms with Crippen LogP contribution in [0.2, 0.25) is 0 Å². The van der Waals surface area contributed by atoms with Gasteiger partial charge in [-0.15, -0.1) is 0 Å². The standard InChI is InChI=1S/C23H25N3O2/c1-15(25-22(28)16-9-11-18(12-10-16)23(2,3)4)21(27)26-19-13-17-7-5-6-8-20(17)24-14-19/h5-15H,1-4H3,(H,25,28)(H,26,27). The van der Waals surface area contributed by atoms with E-state index in [1.54, 1.807) is 25.3 Å². The minimum absolute atomic E-state index is 0.0239. The number of rotatable bonds is 4. The second-order valence-electron chi connectivity index (χ2n) is 7.93. The molecule has 1 unspecified atom stereocenters. The lowest BCUT2D eigenvalue weighted by atomic mass is 9.86. The third kappa shape index (κ3) is 4.55. The van der Waals surface area contributed by atoms with Gasteiger partial charge in [-0.2, -0.15) is 0 Å². The van der Waals surface area contributed by atoms with Crippen molar-refractivity contribution in [3.63, 3.8) is 0 Å². The van der Waals surface area contributed by atoms with Crippen molar-refractivity contribution >= 4 is 28.4 Å². The van der Waals surface area contributed by atoms with Gasteiger partial charge < -0.3 is 10.6 Å². The lowest BCUT2D eigenvalue weighted by Crippen LogP contribution is -2.41. The Morgan fingerprint density at radius 1 is 1.00 bits per heavy atom. The Morgan fingerprint density at radius 3 is 2.36 bits per heavy atom. The topological polar surface area (TPSA) is 71.1 Å². The molecule has 5 heteroatoms. The molecule has 5 nitrogen and oxygen atoms in total. The van der Waals surface area contributed by atoms with E-state index >= 15 is 0 Å². The number of pyridine rings is 1. The van der Waals surface area contributed by atoms with Crippen molar-refractivity contribution in [1.29, 1.82) is 0 Å². The SMILES string of the molecule is CC(NC(=O)c1ccc(C(C)(C)C)cc1)C(=O)Nc1cnc2ccccc2c1. The highest BCUT2D eigenvalue weighted by Gasteiger charge is 2.18. The highest BCUT2D eigenvalue weighted by atomic mass is 16.2. The fourth-order valence-corrected chi connectivity index (χ4v) is 2.86. The fourth-order valence-electron chi connectivity index (χ4n) is 2.86. The van der Waals surface area contributed by atoms with E-state index in [9.17, 15) is 9.59 Å². The maximum absolute atomic E-state index is 12.4. The molecule has 0 spiro atoms. The Labute approximate surface area is 165 Å². The summed E-state index contributed by atoms with van der Waals surface area (Å²) in [4.78, 5) is 29.2. The molecule has 2 N–H and O–H groups in total. The molecule has 1 aromatic heterocycles. The number of fused-ring (bicyclic) bond motifs is 1. The van der Waals surface area contributed by atoms with Crippen LogP contribution in [-0.4, -0.2) is 22.8 Å². The van der Waals surface area contributed by atoms with Crippen molar-refractivity contribution in [2.45, 2.75) is 39.2 Å². The third-order valence-corrected chi connectivity index (χ3v) is 4.61. The molecule has 0 aliphatic heterocycles. The molecule has 144 valence electrons. The zero-order valence-corrected chi connectivity index (χ0v) is 16.6. The average Bonchev–Trinajstić information content (AvgIpc) is 2.67. The van der Waals surface area contributed by atoms with Gasteiger partial charge >= 0.3 is 0 Å². The number of carbonyl (C=O) groups excluding carboxylic acids is 2. The summed E-state index contributed by atoms with van der Waals surface area (Å²) in [6, 6.07) is 16.3. The van der Waals surface area contributed by atoms with E-state index in [0.717, 1.165) is 16.5 Å². The van der Waals surface area contributed by atoms with Gasteiger partial charge in [0, 0.05) is 10.9 Å². The molecule has 0 fully saturated rings. The molecule has 28 heavy (non-hydrogen) atoms. The maximum Gasteiger partial charge on any atom is 0.251 e. The summed E-state index contributed by atoms with van der Waals surface area (Å²) in [6.45, 7) is 8.02. The monoisotopic (exact) mass is 375 g/mol. The number of hydrogen-bond donors (Lipinski definition) is 2. The Morgan fingerprint density at radius 2 is 1.68 bits per heavy atom. The van der Waals surface area contributed by atoms with Crippen molar-refractivity contribution in [3.05, 3.63) is 71.9 Å². The lowest BCUT2D eigenvalue weighted by Gasteiger charge is -2.19. The molecule has 0 saturated heterocycles. The molecule has 0 aliphatic rings. The minimum atomic E-state index is -0.679. The predicted octanol–water partition coefficient (Wildman–Crippen LogP) is 4.29. The smallest absolute Gasteiger partial charge is 0.251 e. The van der Waals surface area contributed by atoms with Gasteiger partial charge in [-0.05, 0) is 42.2 Å². The summed E-state index contributed by atoms with van der Waals surface area (Å²) < 4.78 is 0. The van der Waals surface area contributed by atoms with Crippen LogP contribution in [0, 0.1) is 0 Å². The number of carbonyl (C=O) groups is 2. The van der Waals surface area contributed by atoms with E-state index in [-0.39, 0.29) is 17.2 Å². The van der Waals surface area contributed by atoms with Crippen molar-refractivity contribution in [2.24, 2.45) is 0 Å². The molecular weight excluding hydrogens is 350 g/mol. The highest BCUT2D eigenvalue weighted by molar-refractivity contribution is 6.01. The number of hydrogen-bond acceptors (Lipinski definition) is 3. The van der Waals surface area contributed by atoms with Gasteiger partial charge in [0.25, 0.3) is 5.91 Å². The maximum atomic E-state index is 12.4. The van der Waals surface area contributed by atoms with Gasteiger partial charge in [0.05, 0.1) is 17.4 Å². The first-order chi connectivity index (χ1) is 13.2. The van der Waals surface area contributed by atoms with Crippen LogP contribution in [-0.2, 0) is 10.2 Å². The molecular formula is C23H25N3O2. The molecule has 2 aromatic carbocycles. The summed E-state index contributed by atoms with van der Waals surface area (Å²) in [5.74, 6) is -0.573. The summed E-state index contributed by atoms with van der Waals surface area (Å²) in [5.41, 5.74) is 3.16. The molecule has 0 bridgehead atoms. The van der Waals surface area contributed by atoms with E-state index in [4.69, 9.17) is 0 Å². The van der Waals surface area contributed by atoms with E-state index in [0.29, 0.717) is 11.3 Å². The number of amides is 2. The average molecular weight is 375 g/mol. The second-order valence-corrected chi connectivity index (χ2v) is 7.93. The van der Waals surface area contributed by atoms with Crippen molar-refractivity contribution in [1.82, 2.24) is 10.3 Å². The summed E-state index contributed by atoms with van der Waals surface area (Å²) in [6.07, 6.45) is 1.61. The Bertz CT molecular complexity index is 1000. The molecule has 1 heterocycles. The van der Waals surface area contributed by atoms with Crippen LogP contribution in [0.25, 0.3) is 10.9 Å². The van der Waals surface area contributed by atoms with Gasteiger partial charge in [-0.3, -0.25) is 14.6 Å². The summed E-state index contributed by atoms with van der Waals surface area (Å²) in [7, 11) is 0. The van der Waals surface area contributed by atoms with E-state index in [1.807, 2.05) is 42.5 Å². The van der Waals surface area contributed by atoms with Crippen molar-refractivity contribution < 1.29 is 9.59 Å². The molecule has 1 atom stereocenters. The molecule has 3 rings (SSSR count). The fraction of sp³-hybridized carbons (Fsp3) is 0.261. The molecule has 2 amide bonds. The van der Waals surface area contributed by atoms with Crippen LogP contribution >= 0.6 is 0 Å². The van der Waals surface area contributed by atoms with Crippen LogP contribution in [0.15, 0.2) is 60.8 Å². The van der Waals surface area contributed by atoms with Gasteiger partial charge in [-0.25, -0.2) is 0 Å². The van der Waals surface area contributed by atoms with Crippen molar-refractivity contribution in [3.8, 4) is 0 Å². The number of anilines is 1. The third-order valence-electron chi connectivity index (χ3n) is 4.61. The highest BCUT2D eigenvalue weighted by Crippen LogP contribution is 2.22.